The molecule has 0 spiro atoms. The van der Waals surface area contributed by atoms with Crippen LogP contribution in [0.2, 0.25) is 0 Å². The Labute approximate surface area is 214 Å². The summed E-state index contributed by atoms with van der Waals surface area (Å²) in [7, 11) is 0. The number of hydrogen-bond donors (Lipinski definition) is 1. The van der Waals surface area contributed by atoms with Crippen LogP contribution in [0, 0.1) is 6.92 Å². The average molecular weight is 492 g/mol. The number of Topliss-reactive ketones (excluding diaryl/α,β-unsaturated/α-hetero) is 1. The number of aromatic nitrogens is 2. The normalized spacial score (nSPS) is 16.7. The van der Waals surface area contributed by atoms with Crippen molar-refractivity contribution in [3.63, 3.8) is 0 Å². The summed E-state index contributed by atoms with van der Waals surface area (Å²) in [6.07, 6.45) is 4.83. The van der Waals surface area contributed by atoms with Gasteiger partial charge in [0.2, 0.25) is 0 Å². The quantitative estimate of drug-likeness (QED) is 0.223. The molecule has 0 radical (unpaired) electrons. The molecular formula is C30H25N3O4. The molecule has 1 unspecified atom stereocenters. The number of aliphatic hydroxyl groups excluding tert-OH is 1. The number of rotatable bonds is 7. The zero-order valence-electron chi connectivity index (χ0n) is 20.2. The van der Waals surface area contributed by atoms with Crippen LogP contribution in [0.5, 0.6) is 5.75 Å². The van der Waals surface area contributed by atoms with Gasteiger partial charge in [-0.1, -0.05) is 36.4 Å². The van der Waals surface area contributed by atoms with E-state index in [9.17, 15) is 14.7 Å². The standard InChI is InChI=1S/C30H25N3O4/c1-20-17-23(10-11-25(20)37-19-21-7-3-2-4-8-21)28(34)26-27(22-12-15-31-16-13-22)33(30(36)29(26)35)18-24-9-5-6-14-32-24/h2-17,27,34H,18-19H2,1H3/b28-26+. The van der Waals surface area contributed by atoms with Gasteiger partial charge in [0, 0.05) is 24.2 Å². The van der Waals surface area contributed by atoms with Gasteiger partial charge in [0.15, 0.2) is 0 Å². The number of amides is 1. The Hall–Kier alpha value is -4.78. The maximum atomic E-state index is 13.2. The van der Waals surface area contributed by atoms with E-state index in [1.165, 1.54) is 4.90 Å². The lowest BCUT2D eigenvalue weighted by molar-refractivity contribution is -0.140. The lowest BCUT2D eigenvalue weighted by Gasteiger charge is -2.25. The summed E-state index contributed by atoms with van der Waals surface area (Å²) in [6, 6.07) is 23.1. The number of benzene rings is 2. The summed E-state index contributed by atoms with van der Waals surface area (Å²) >= 11 is 0. The van der Waals surface area contributed by atoms with Crippen molar-refractivity contribution in [3.8, 4) is 5.75 Å². The third kappa shape index (κ3) is 4.97. The lowest BCUT2D eigenvalue weighted by atomic mass is 9.95. The van der Waals surface area contributed by atoms with Crippen LogP contribution < -0.4 is 4.74 Å². The lowest BCUT2D eigenvalue weighted by Crippen LogP contribution is -2.29. The Kier molecular flexibility index (Phi) is 6.76. The first-order valence-electron chi connectivity index (χ1n) is 11.9. The van der Waals surface area contributed by atoms with Crippen LogP contribution in [0.4, 0.5) is 0 Å². The molecule has 0 saturated carbocycles. The molecule has 5 rings (SSSR count). The highest BCUT2D eigenvalue weighted by Gasteiger charge is 2.46. The monoisotopic (exact) mass is 491 g/mol. The SMILES string of the molecule is Cc1cc(/C(O)=C2\C(=O)C(=O)N(Cc3ccccn3)C2c2ccncc2)ccc1OCc1ccccc1. The zero-order valence-corrected chi connectivity index (χ0v) is 20.2. The van der Waals surface area contributed by atoms with Crippen LogP contribution in [-0.4, -0.2) is 31.7 Å². The summed E-state index contributed by atoms with van der Waals surface area (Å²) in [6.45, 7) is 2.41. The highest BCUT2D eigenvalue weighted by Crippen LogP contribution is 2.40. The maximum Gasteiger partial charge on any atom is 0.296 e. The van der Waals surface area contributed by atoms with Crippen molar-refractivity contribution in [2.45, 2.75) is 26.1 Å². The Morgan fingerprint density at radius 2 is 1.70 bits per heavy atom. The molecule has 4 aromatic rings. The Morgan fingerprint density at radius 3 is 2.41 bits per heavy atom. The van der Waals surface area contributed by atoms with Gasteiger partial charge in [-0.25, -0.2) is 0 Å². The molecule has 2 aromatic heterocycles. The number of carbonyl (C=O) groups is 2. The number of aryl methyl sites for hydroxylation is 1. The molecule has 0 bridgehead atoms. The molecule has 1 aliphatic heterocycles. The molecular weight excluding hydrogens is 466 g/mol. The first-order valence-corrected chi connectivity index (χ1v) is 11.9. The van der Waals surface area contributed by atoms with E-state index in [1.54, 1.807) is 61.1 Å². The van der Waals surface area contributed by atoms with Crippen molar-refractivity contribution in [2.24, 2.45) is 0 Å². The van der Waals surface area contributed by atoms with Gasteiger partial charge in [-0.2, -0.15) is 0 Å². The largest absolute Gasteiger partial charge is 0.507 e. The summed E-state index contributed by atoms with van der Waals surface area (Å²) in [5.74, 6) is -0.992. The van der Waals surface area contributed by atoms with Gasteiger partial charge < -0.3 is 14.7 Å². The van der Waals surface area contributed by atoms with Gasteiger partial charge in [-0.3, -0.25) is 19.6 Å². The van der Waals surface area contributed by atoms with Gasteiger partial charge in [0.1, 0.15) is 18.1 Å². The molecule has 1 atom stereocenters. The summed E-state index contributed by atoms with van der Waals surface area (Å²) < 4.78 is 5.95. The highest BCUT2D eigenvalue weighted by atomic mass is 16.5. The van der Waals surface area contributed by atoms with Crippen LogP contribution in [0.25, 0.3) is 5.76 Å². The van der Waals surface area contributed by atoms with Crippen LogP contribution in [-0.2, 0) is 22.7 Å². The van der Waals surface area contributed by atoms with Gasteiger partial charge in [0.05, 0.1) is 23.9 Å². The second-order valence-corrected chi connectivity index (χ2v) is 8.78. The topological polar surface area (TPSA) is 92.6 Å². The fraction of sp³-hybridized carbons (Fsp3) is 0.133. The molecule has 7 heteroatoms. The van der Waals surface area contributed by atoms with Crippen LogP contribution in [0.1, 0.15) is 34.0 Å². The molecule has 7 nitrogen and oxygen atoms in total. The third-order valence-corrected chi connectivity index (χ3v) is 6.31. The van der Waals surface area contributed by atoms with E-state index in [1.807, 2.05) is 43.3 Å². The van der Waals surface area contributed by atoms with Crippen LogP contribution in [0.15, 0.2) is 103 Å². The molecule has 3 heterocycles. The van der Waals surface area contributed by atoms with E-state index < -0.39 is 17.7 Å². The number of ketones is 1. The van der Waals surface area contributed by atoms with Gasteiger partial charge in [-0.05, 0) is 66.1 Å². The maximum absolute atomic E-state index is 13.2. The second kappa shape index (κ2) is 10.5. The number of pyridine rings is 2. The number of nitrogens with zero attached hydrogens (tertiary/aromatic N) is 3. The van der Waals surface area contributed by atoms with Crippen molar-refractivity contribution >= 4 is 17.4 Å². The van der Waals surface area contributed by atoms with E-state index >= 15 is 0 Å². The van der Waals surface area contributed by atoms with Gasteiger partial charge in [-0.15, -0.1) is 0 Å². The smallest absolute Gasteiger partial charge is 0.296 e. The molecule has 2 aromatic carbocycles. The van der Waals surface area contributed by atoms with E-state index in [2.05, 4.69) is 9.97 Å². The Balaban J connectivity index is 1.50. The zero-order chi connectivity index (χ0) is 25.8. The predicted molar refractivity (Wildman–Crippen MR) is 138 cm³/mol. The van der Waals surface area contributed by atoms with E-state index in [4.69, 9.17) is 4.74 Å². The molecule has 1 amide bonds. The van der Waals surface area contributed by atoms with E-state index in [0.717, 1.165) is 11.1 Å². The molecule has 1 aliphatic rings. The van der Waals surface area contributed by atoms with Crippen molar-refractivity contribution in [3.05, 3.63) is 131 Å². The number of carbonyl (C=O) groups excluding carboxylic acids is 2. The highest BCUT2D eigenvalue weighted by molar-refractivity contribution is 6.46. The van der Waals surface area contributed by atoms with Crippen molar-refractivity contribution < 1.29 is 19.4 Å². The fourth-order valence-corrected chi connectivity index (χ4v) is 4.45. The molecule has 1 fully saturated rings. The third-order valence-electron chi connectivity index (χ3n) is 6.31. The minimum Gasteiger partial charge on any atom is -0.507 e. The van der Waals surface area contributed by atoms with E-state index in [-0.39, 0.29) is 17.9 Å². The average Bonchev–Trinajstić information content (AvgIpc) is 3.18. The van der Waals surface area contributed by atoms with Gasteiger partial charge >= 0.3 is 0 Å². The minimum atomic E-state index is -0.778. The van der Waals surface area contributed by atoms with Crippen molar-refractivity contribution in [1.82, 2.24) is 14.9 Å². The first kappa shape index (κ1) is 23.9. The Bertz CT molecular complexity index is 1450. The molecule has 1 N–H and O–H groups in total. The van der Waals surface area contributed by atoms with Crippen LogP contribution >= 0.6 is 0 Å². The number of ether oxygens (including phenoxy) is 1. The predicted octanol–water partition coefficient (Wildman–Crippen LogP) is 4.99. The van der Waals surface area contributed by atoms with E-state index in [0.29, 0.717) is 29.2 Å². The first-order chi connectivity index (χ1) is 18.0. The Morgan fingerprint density at radius 1 is 0.946 bits per heavy atom. The summed E-state index contributed by atoms with van der Waals surface area (Å²) in [5, 5.41) is 11.4. The van der Waals surface area contributed by atoms with Crippen molar-refractivity contribution in [2.75, 3.05) is 0 Å². The number of aliphatic hydroxyl groups is 1. The minimum absolute atomic E-state index is 0.0319. The summed E-state index contributed by atoms with van der Waals surface area (Å²) in [5.41, 5.74) is 3.61. The summed E-state index contributed by atoms with van der Waals surface area (Å²) in [4.78, 5) is 36.2. The second-order valence-electron chi connectivity index (χ2n) is 8.78. The molecule has 0 aliphatic carbocycles. The van der Waals surface area contributed by atoms with Crippen molar-refractivity contribution in [1.29, 1.82) is 0 Å². The molecule has 1 saturated heterocycles. The fourth-order valence-electron chi connectivity index (χ4n) is 4.45. The van der Waals surface area contributed by atoms with Gasteiger partial charge in [0.25, 0.3) is 11.7 Å². The van der Waals surface area contributed by atoms with Crippen LogP contribution in [0.3, 0.4) is 0 Å². The number of hydrogen-bond acceptors (Lipinski definition) is 6. The number of likely N-dealkylation sites (tertiary alicyclic amines) is 1. The molecule has 37 heavy (non-hydrogen) atoms. The molecule has 184 valence electrons.